The summed E-state index contributed by atoms with van der Waals surface area (Å²) in [5.74, 6) is -0.0878. The molecule has 0 aromatic heterocycles. The summed E-state index contributed by atoms with van der Waals surface area (Å²) in [6.07, 6.45) is 2.55. The van der Waals surface area contributed by atoms with E-state index in [-0.39, 0.29) is 5.91 Å². The van der Waals surface area contributed by atoms with Crippen molar-refractivity contribution in [2.75, 3.05) is 19.3 Å². The Labute approximate surface area is 122 Å². The van der Waals surface area contributed by atoms with Crippen molar-refractivity contribution in [1.82, 2.24) is 10.2 Å². The lowest BCUT2D eigenvalue weighted by Gasteiger charge is -2.24. The van der Waals surface area contributed by atoms with Crippen LogP contribution in [0.2, 0.25) is 0 Å². The van der Waals surface area contributed by atoms with Gasteiger partial charge >= 0.3 is 0 Å². The summed E-state index contributed by atoms with van der Waals surface area (Å²) in [7, 11) is 2.12. The second-order valence-electron chi connectivity index (χ2n) is 5.19. The first-order valence-corrected chi connectivity index (χ1v) is 7.33. The third kappa shape index (κ3) is 3.70. The number of nitrogens with one attached hydrogen (secondary N) is 1. The molecule has 1 atom stereocenters. The predicted octanol–water partition coefficient (Wildman–Crippen LogP) is 2.24. The van der Waals surface area contributed by atoms with E-state index in [0.717, 1.165) is 4.47 Å². The predicted molar refractivity (Wildman–Crippen MR) is 81.1 cm³/mol. The van der Waals surface area contributed by atoms with Gasteiger partial charge in [-0.25, -0.2) is 0 Å². The lowest BCUT2D eigenvalue weighted by atomic mass is 10.2. The number of benzene rings is 1. The van der Waals surface area contributed by atoms with Gasteiger partial charge in [-0.3, -0.25) is 9.69 Å². The number of nitrogens with two attached hydrogens (primary N) is 1. The van der Waals surface area contributed by atoms with Crippen molar-refractivity contribution in [2.24, 2.45) is 0 Å². The minimum atomic E-state index is -0.0878. The molecule has 1 amide bonds. The smallest absolute Gasteiger partial charge is 0.252 e. The van der Waals surface area contributed by atoms with Gasteiger partial charge in [0.25, 0.3) is 5.91 Å². The van der Waals surface area contributed by atoms with Gasteiger partial charge in [-0.15, -0.1) is 0 Å². The first-order chi connectivity index (χ1) is 8.99. The van der Waals surface area contributed by atoms with E-state index in [1.165, 1.54) is 12.8 Å². The molecule has 1 aromatic rings. The van der Waals surface area contributed by atoms with E-state index in [1.807, 2.05) is 0 Å². The van der Waals surface area contributed by atoms with Gasteiger partial charge in [0.05, 0.1) is 5.56 Å². The van der Waals surface area contributed by atoms with Crippen molar-refractivity contribution in [3.63, 3.8) is 0 Å². The van der Waals surface area contributed by atoms with Crippen molar-refractivity contribution < 1.29 is 4.79 Å². The van der Waals surface area contributed by atoms with E-state index < -0.39 is 0 Å². The number of amides is 1. The van der Waals surface area contributed by atoms with Crippen LogP contribution in [0.4, 0.5) is 5.69 Å². The zero-order valence-electron chi connectivity index (χ0n) is 11.3. The highest BCUT2D eigenvalue weighted by atomic mass is 79.9. The average Bonchev–Trinajstić information content (AvgIpc) is 3.21. The van der Waals surface area contributed by atoms with Gasteiger partial charge in [-0.2, -0.15) is 0 Å². The van der Waals surface area contributed by atoms with Crippen molar-refractivity contribution in [1.29, 1.82) is 0 Å². The Bertz CT molecular complexity index is 474. The summed E-state index contributed by atoms with van der Waals surface area (Å²) in [6.45, 7) is 2.78. The van der Waals surface area contributed by atoms with Gasteiger partial charge in [0.2, 0.25) is 0 Å². The Balaban J connectivity index is 1.91. The van der Waals surface area contributed by atoms with Crippen molar-refractivity contribution in [3.8, 4) is 0 Å². The molecule has 104 valence electrons. The van der Waals surface area contributed by atoms with Crippen molar-refractivity contribution in [3.05, 3.63) is 28.2 Å². The molecule has 0 heterocycles. The molecule has 5 heteroatoms. The minimum Gasteiger partial charge on any atom is -0.399 e. The Morgan fingerprint density at radius 1 is 1.58 bits per heavy atom. The van der Waals surface area contributed by atoms with Gasteiger partial charge in [0.15, 0.2) is 0 Å². The monoisotopic (exact) mass is 325 g/mol. The number of anilines is 1. The molecule has 0 aliphatic heterocycles. The number of rotatable bonds is 5. The second kappa shape index (κ2) is 5.92. The summed E-state index contributed by atoms with van der Waals surface area (Å²) in [5.41, 5.74) is 6.89. The lowest BCUT2D eigenvalue weighted by Crippen LogP contribution is -2.41. The molecule has 3 N–H and O–H groups in total. The van der Waals surface area contributed by atoms with Crippen LogP contribution in [0.15, 0.2) is 22.7 Å². The number of halogens is 1. The van der Waals surface area contributed by atoms with E-state index in [2.05, 4.69) is 40.1 Å². The van der Waals surface area contributed by atoms with Gasteiger partial charge in [-0.1, -0.05) is 0 Å². The first-order valence-electron chi connectivity index (χ1n) is 6.54. The number of nitrogens with zero attached hydrogens (tertiary/aromatic N) is 1. The van der Waals surface area contributed by atoms with Gasteiger partial charge < -0.3 is 11.1 Å². The minimum absolute atomic E-state index is 0.0878. The van der Waals surface area contributed by atoms with E-state index in [9.17, 15) is 4.79 Å². The van der Waals surface area contributed by atoms with Crippen LogP contribution < -0.4 is 11.1 Å². The van der Waals surface area contributed by atoms with Crippen LogP contribution in [-0.2, 0) is 0 Å². The summed E-state index contributed by atoms with van der Waals surface area (Å²) in [4.78, 5) is 14.4. The molecule has 0 spiro atoms. The van der Waals surface area contributed by atoms with E-state index in [4.69, 9.17) is 5.73 Å². The van der Waals surface area contributed by atoms with Crippen LogP contribution in [0.25, 0.3) is 0 Å². The summed E-state index contributed by atoms with van der Waals surface area (Å²) >= 11 is 3.37. The molecule has 1 aliphatic carbocycles. The highest BCUT2D eigenvalue weighted by Crippen LogP contribution is 2.26. The van der Waals surface area contributed by atoms with Crippen molar-refractivity contribution >= 4 is 27.5 Å². The third-order valence-corrected chi connectivity index (χ3v) is 4.30. The van der Waals surface area contributed by atoms with Crippen LogP contribution in [0.5, 0.6) is 0 Å². The third-order valence-electron chi connectivity index (χ3n) is 3.61. The molecule has 1 saturated carbocycles. The normalized spacial score (nSPS) is 16.4. The van der Waals surface area contributed by atoms with Gasteiger partial charge in [0, 0.05) is 28.8 Å². The Hall–Kier alpha value is -1.07. The maximum Gasteiger partial charge on any atom is 0.252 e. The molecule has 1 unspecified atom stereocenters. The average molecular weight is 326 g/mol. The maximum absolute atomic E-state index is 12.1. The van der Waals surface area contributed by atoms with Crippen LogP contribution in [-0.4, -0.2) is 36.5 Å². The maximum atomic E-state index is 12.1. The molecule has 1 aromatic carbocycles. The highest BCUT2D eigenvalue weighted by molar-refractivity contribution is 9.10. The largest absolute Gasteiger partial charge is 0.399 e. The second-order valence-corrected chi connectivity index (χ2v) is 6.05. The number of likely N-dealkylation sites (N-methyl/N-ethyl adjacent to an activating group) is 1. The quantitative estimate of drug-likeness (QED) is 0.816. The number of hydrogen-bond acceptors (Lipinski definition) is 3. The Morgan fingerprint density at radius 3 is 2.89 bits per heavy atom. The molecular weight excluding hydrogens is 306 g/mol. The van der Waals surface area contributed by atoms with Gasteiger partial charge in [-0.05, 0) is 60.9 Å². The first kappa shape index (κ1) is 14.3. The summed E-state index contributed by atoms with van der Waals surface area (Å²) in [6, 6.07) is 6.30. The SMILES string of the molecule is CC(CNC(=O)c1cc(N)ccc1Br)N(C)C1CC1. The zero-order valence-corrected chi connectivity index (χ0v) is 12.9. The fraction of sp³-hybridized carbons (Fsp3) is 0.500. The van der Waals surface area contributed by atoms with E-state index >= 15 is 0 Å². The topological polar surface area (TPSA) is 58.4 Å². The molecule has 1 fully saturated rings. The van der Waals surface area contributed by atoms with Crippen LogP contribution in [0.1, 0.15) is 30.1 Å². The molecule has 2 rings (SSSR count). The van der Waals surface area contributed by atoms with Crippen LogP contribution >= 0.6 is 15.9 Å². The number of nitrogen functional groups attached to an aromatic ring is 1. The lowest BCUT2D eigenvalue weighted by molar-refractivity contribution is 0.0939. The molecule has 0 saturated heterocycles. The molecular formula is C14H20BrN3O. The Kier molecular flexibility index (Phi) is 4.47. The van der Waals surface area contributed by atoms with E-state index in [1.54, 1.807) is 18.2 Å². The molecule has 0 bridgehead atoms. The molecule has 4 nitrogen and oxygen atoms in total. The number of carbonyl (C=O) groups is 1. The summed E-state index contributed by atoms with van der Waals surface area (Å²) < 4.78 is 0.766. The summed E-state index contributed by atoms with van der Waals surface area (Å²) in [5, 5.41) is 2.96. The van der Waals surface area contributed by atoms with E-state index in [0.29, 0.717) is 29.9 Å². The van der Waals surface area contributed by atoms with Crippen LogP contribution in [0.3, 0.4) is 0 Å². The molecule has 0 radical (unpaired) electrons. The zero-order chi connectivity index (χ0) is 14.0. The molecule has 19 heavy (non-hydrogen) atoms. The van der Waals surface area contributed by atoms with Gasteiger partial charge in [0.1, 0.15) is 0 Å². The van der Waals surface area contributed by atoms with Crippen molar-refractivity contribution in [2.45, 2.75) is 31.8 Å². The number of hydrogen-bond donors (Lipinski definition) is 2. The van der Waals surface area contributed by atoms with Crippen LogP contribution in [0, 0.1) is 0 Å². The Morgan fingerprint density at radius 2 is 2.26 bits per heavy atom. The fourth-order valence-corrected chi connectivity index (χ4v) is 2.46. The molecule has 1 aliphatic rings. The standard InChI is InChI=1S/C14H20BrN3O/c1-9(18(2)11-4-5-11)8-17-14(19)12-7-10(16)3-6-13(12)15/h3,6-7,9,11H,4-5,8,16H2,1-2H3,(H,17,19). The highest BCUT2D eigenvalue weighted by Gasteiger charge is 2.29. The fourth-order valence-electron chi connectivity index (χ4n) is 2.04. The number of carbonyl (C=O) groups excluding carboxylic acids is 1.